The number of hydrogen-bond acceptors (Lipinski definition) is 3. The van der Waals surface area contributed by atoms with Crippen LogP contribution < -0.4 is 0 Å². The summed E-state index contributed by atoms with van der Waals surface area (Å²) in [4.78, 5) is 2.81. The number of sulfonamides is 1. The molecule has 1 aliphatic heterocycles. The fraction of sp³-hybridized carbons (Fsp3) is 0.724. The van der Waals surface area contributed by atoms with Gasteiger partial charge in [0.2, 0.25) is 10.0 Å². The first-order valence-electron chi connectivity index (χ1n) is 13.7. The Kier molecular flexibility index (Phi) is 5.60. The van der Waals surface area contributed by atoms with Crippen LogP contribution in [0.1, 0.15) is 65.2 Å². The van der Waals surface area contributed by atoms with Crippen LogP contribution in [0.5, 0.6) is 0 Å². The highest BCUT2D eigenvalue weighted by Crippen LogP contribution is 2.68. The second-order valence-corrected chi connectivity index (χ2v) is 14.7. The van der Waals surface area contributed by atoms with Crippen molar-refractivity contribution in [1.29, 1.82) is 0 Å². The topological polar surface area (TPSA) is 40.6 Å². The van der Waals surface area contributed by atoms with Gasteiger partial charge in [0.25, 0.3) is 0 Å². The van der Waals surface area contributed by atoms with Crippen molar-refractivity contribution in [3.05, 3.63) is 41.7 Å². The molecule has 1 heterocycles. The largest absolute Gasteiger partial charge is 0.303 e. The van der Waals surface area contributed by atoms with Crippen molar-refractivity contribution in [3.63, 3.8) is 0 Å². The monoisotopic (exact) mass is 500 g/mol. The van der Waals surface area contributed by atoms with Crippen LogP contribution in [0.2, 0.25) is 0 Å². The van der Waals surface area contributed by atoms with E-state index in [1.807, 2.05) is 0 Å². The second-order valence-electron chi connectivity index (χ2n) is 12.7. The molecule has 0 bridgehead atoms. The van der Waals surface area contributed by atoms with E-state index in [0.717, 1.165) is 49.0 Å². The summed E-state index contributed by atoms with van der Waals surface area (Å²) >= 11 is 0. The number of fused-ring (bicyclic) bond motifs is 4. The molecule has 4 nitrogen and oxygen atoms in total. The van der Waals surface area contributed by atoms with Crippen molar-refractivity contribution in [3.8, 4) is 0 Å². The molecule has 5 aliphatic rings. The molecule has 1 aromatic carbocycles. The lowest BCUT2D eigenvalue weighted by Crippen LogP contribution is -2.53. The fourth-order valence-electron chi connectivity index (χ4n) is 9.72. The number of allylic oxidation sites excluding steroid dienone is 1. The van der Waals surface area contributed by atoms with Crippen molar-refractivity contribution in [1.82, 2.24) is 9.21 Å². The third-order valence-electron chi connectivity index (χ3n) is 11.7. The zero-order valence-electron chi connectivity index (χ0n) is 21.7. The molecule has 3 saturated carbocycles. The average molecular weight is 501 g/mol. The minimum atomic E-state index is -3.63. The van der Waals surface area contributed by atoms with Gasteiger partial charge in [0.15, 0.2) is 0 Å². The predicted octanol–water partition coefficient (Wildman–Crippen LogP) is 5.71. The van der Waals surface area contributed by atoms with E-state index in [9.17, 15) is 12.8 Å². The lowest BCUT2D eigenvalue weighted by atomic mass is 9.47. The van der Waals surface area contributed by atoms with Gasteiger partial charge in [-0.05, 0) is 124 Å². The van der Waals surface area contributed by atoms with E-state index < -0.39 is 15.8 Å². The van der Waals surface area contributed by atoms with Gasteiger partial charge in [0, 0.05) is 25.7 Å². The lowest BCUT2D eigenvalue weighted by molar-refractivity contribution is -0.0419. The summed E-state index contributed by atoms with van der Waals surface area (Å²) in [6.07, 6.45) is 12.0. The Morgan fingerprint density at radius 2 is 1.74 bits per heavy atom. The van der Waals surface area contributed by atoms with Gasteiger partial charge in [-0.15, -0.1) is 0 Å². The molecular weight excluding hydrogens is 459 g/mol. The Morgan fingerprint density at radius 1 is 1.03 bits per heavy atom. The Morgan fingerprint density at radius 3 is 2.49 bits per heavy atom. The Balaban J connectivity index is 1.23. The van der Waals surface area contributed by atoms with E-state index in [1.54, 1.807) is 11.4 Å². The third-order valence-corrected chi connectivity index (χ3v) is 13.6. The van der Waals surface area contributed by atoms with E-state index in [-0.39, 0.29) is 16.4 Å². The first-order chi connectivity index (χ1) is 16.6. The second kappa shape index (κ2) is 8.13. The third kappa shape index (κ3) is 3.38. The molecule has 0 aromatic heterocycles. The summed E-state index contributed by atoms with van der Waals surface area (Å²) in [7, 11) is 0.405. The average Bonchev–Trinajstić information content (AvgIpc) is 3.32. The van der Waals surface area contributed by atoms with Crippen molar-refractivity contribution < 1.29 is 12.8 Å². The quantitative estimate of drug-likeness (QED) is 0.499. The minimum absolute atomic E-state index is 0.0314. The van der Waals surface area contributed by atoms with Crippen LogP contribution in [0.15, 0.2) is 40.8 Å². The molecule has 0 radical (unpaired) electrons. The smallest absolute Gasteiger partial charge is 0.243 e. The Labute approximate surface area is 211 Å². The van der Waals surface area contributed by atoms with Crippen LogP contribution in [-0.4, -0.2) is 50.3 Å². The molecule has 4 aliphatic carbocycles. The molecule has 0 amide bonds. The van der Waals surface area contributed by atoms with Crippen molar-refractivity contribution >= 4 is 10.0 Å². The number of nitrogens with zero attached hydrogens (tertiary/aromatic N) is 2. The van der Waals surface area contributed by atoms with Crippen LogP contribution in [0, 0.1) is 40.3 Å². The van der Waals surface area contributed by atoms with Gasteiger partial charge >= 0.3 is 0 Å². The molecule has 6 heteroatoms. The SMILES string of the molecule is C[C@H]1[C@H]2CC[C@H]3[C@@H]4CC=C5C[C@@H](N(C)S(=O)(=O)c6ccc(F)cc6)CC[C@]5(C)C4CC[C@]23CN1C. The lowest BCUT2D eigenvalue weighted by Gasteiger charge is -2.58. The summed E-state index contributed by atoms with van der Waals surface area (Å²) < 4.78 is 41.5. The van der Waals surface area contributed by atoms with Gasteiger partial charge in [-0.2, -0.15) is 4.31 Å². The normalized spacial score (nSPS) is 43.3. The molecule has 4 fully saturated rings. The molecule has 8 atom stereocenters. The molecule has 1 unspecified atom stereocenters. The number of halogens is 1. The summed E-state index contributed by atoms with van der Waals surface area (Å²) in [6.45, 7) is 6.23. The first kappa shape index (κ1) is 24.1. The van der Waals surface area contributed by atoms with E-state index in [4.69, 9.17) is 0 Å². The van der Waals surface area contributed by atoms with Crippen LogP contribution in [0.3, 0.4) is 0 Å². The minimum Gasteiger partial charge on any atom is -0.303 e. The standard InChI is InChI=1S/C29H41FN2O2S/c1-19-25-11-12-27-24-10-5-20-17-22(32(4)35(33,34)23-8-6-21(30)7-9-23)13-15-28(20,2)26(24)14-16-29(25,27)18-31(19)3/h5-9,19,22,24-27H,10-18H2,1-4H3/t19-,22-,24+,25+,26?,27-,28-,29-/m0/s1. The van der Waals surface area contributed by atoms with Gasteiger partial charge in [-0.25, -0.2) is 12.8 Å². The van der Waals surface area contributed by atoms with Gasteiger partial charge < -0.3 is 4.90 Å². The van der Waals surface area contributed by atoms with Gasteiger partial charge in [-0.3, -0.25) is 0 Å². The molecule has 1 spiro atoms. The summed E-state index contributed by atoms with van der Waals surface area (Å²) in [5.41, 5.74) is 2.24. The molecule has 35 heavy (non-hydrogen) atoms. The maximum Gasteiger partial charge on any atom is 0.243 e. The molecule has 1 saturated heterocycles. The summed E-state index contributed by atoms with van der Waals surface area (Å²) in [6, 6.07) is 5.91. The zero-order chi connectivity index (χ0) is 24.8. The number of hydrogen-bond donors (Lipinski definition) is 0. The molecule has 1 aromatic rings. The number of benzene rings is 1. The van der Waals surface area contributed by atoms with Crippen molar-refractivity contribution in [2.45, 2.75) is 82.2 Å². The van der Waals surface area contributed by atoms with Gasteiger partial charge in [0.1, 0.15) is 5.82 Å². The van der Waals surface area contributed by atoms with Crippen LogP contribution in [-0.2, 0) is 10.0 Å². The Bertz CT molecular complexity index is 1130. The number of rotatable bonds is 3. The zero-order valence-corrected chi connectivity index (χ0v) is 22.5. The van der Waals surface area contributed by atoms with Crippen molar-refractivity contribution in [2.75, 3.05) is 20.6 Å². The van der Waals surface area contributed by atoms with Crippen LogP contribution in [0.4, 0.5) is 4.39 Å². The van der Waals surface area contributed by atoms with Gasteiger partial charge in [0.05, 0.1) is 4.90 Å². The molecule has 6 rings (SSSR count). The van der Waals surface area contributed by atoms with E-state index in [0.29, 0.717) is 5.41 Å². The fourth-order valence-corrected chi connectivity index (χ4v) is 11.1. The first-order valence-corrected chi connectivity index (χ1v) is 15.2. The van der Waals surface area contributed by atoms with Crippen molar-refractivity contribution in [2.24, 2.45) is 34.5 Å². The highest BCUT2D eigenvalue weighted by molar-refractivity contribution is 7.89. The Hall–Kier alpha value is -1.24. The van der Waals surface area contributed by atoms with Crippen LogP contribution in [0.25, 0.3) is 0 Å². The highest BCUT2D eigenvalue weighted by Gasteiger charge is 2.64. The maximum absolute atomic E-state index is 13.4. The van der Waals surface area contributed by atoms with Crippen LogP contribution >= 0.6 is 0 Å². The molecular formula is C29H41FN2O2S. The molecule has 192 valence electrons. The summed E-state index contributed by atoms with van der Waals surface area (Å²) in [5.74, 6) is 2.84. The number of likely N-dealkylation sites (tertiary alicyclic amines) is 1. The van der Waals surface area contributed by atoms with E-state index >= 15 is 0 Å². The highest BCUT2D eigenvalue weighted by atomic mass is 32.2. The van der Waals surface area contributed by atoms with E-state index in [1.165, 1.54) is 68.5 Å². The van der Waals surface area contributed by atoms with Gasteiger partial charge in [-0.1, -0.05) is 18.6 Å². The molecule has 0 N–H and O–H groups in total. The maximum atomic E-state index is 13.4. The predicted molar refractivity (Wildman–Crippen MR) is 137 cm³/mol. The summed E-state index contributed by atoms with van der Waals surface area (Å²) in [5, 5.41) is 0. The van der Waals surface area contributed by atoms with E-state index in [2.05, 4.69) is 31.9 Å².